The Kier molecular flexibility index (Phi) is 4.81. The maximum atomic E-state index is 12.7. The van der Waals surface area contributed by atoms with E-state index in [1.807, 2.05) is 6.08 Å². The lowest BCUT2D eigenvalue weighted by molar-refractivity contribution is -0.139. The SMILES string of the molecule is C=Cc1c(/C=C/C2CCC2)sc2ccc(OCC(=O)O)cc2c1=O. The van der Waals surface area contributed by atoms with Gasteiger partial charge in [0.1, 0.15) is 5.75 Å². The molecule has 2 aromatic rings. The quantitative estimate of drug-likeness (QED) is 0.855. The van der Waals surface area contributed by atoms with Crippen LogP contribution >= 0.6 is 11.3 Å². The van der Waals surface area contributed by atoms with Gasteiger partial charge in [-0.2, -0.15) is 0 Å². The van der Waals surface area contributed by atoms with E-state index in [0.29, 0.717) is 22.6 Å². The number of ether oxygens (including phenoxy) is 1. The van der Waals surface area contributed by atoms with Gasteiger partial charge in [0, 0.05) is 20.5 Å². The average molecular weight is 342 g/mol. The molecule has 124 valence electrons. The Balaban J connectivity index is 2.01. The molecular weight excluding hydrogens is 324 g/mol. The Morgan fingerprint density at radius 2 is 2.21 bits per heavy atom. The van der Waals surface area contributed by atoms with Crippen LogP contribution in [-0.2, 0) is 4.79 Å². The zero-order chi connectivity index (χ0) is 17.1. The molecule has 0 saturated heterocycles. The van der Waals surface area contributed by atoms with Crippen molar-refractivity contribution in [2.24, 2.45) is 5.92 Å². The van der Waals surface area contributed by atoms with Gasteiger partial charge in [0.05, 0.1) is 0 Å². The summed E-state index contributed by atoms with van der Waals surface area (Å²) in [6.07, 6.45) is 9.50. The number of carboxylic acids is 1. The fraction of sp³-hybridized carbons (Fsp3) is 0.263. The first-order valence-corrected chi connectivity index (χ1v) is 8.66. The predicted octanol–water partition coefficient (Wildman–Crippen LogP) is 4.18. The number of carbonyl (C=O) groups is 1. The van der Waals surface area contributed by atoms with Crippen LogP contribution in [0.15, 0.2) is 35.6 Å². The number of fused-ring (bicyclic) bond motifs is 1. The van der Waals surface area contributed by atoms with Crippen LogP contribution in [0.2, 0.25) is 0 Å². The summed E-state index contributed by atoms with van der Waals surface area (Å²) in [6, 6.07) is 5.09. The third-order valence-electron chi connectivity index (χ3n) is 4.16. The highest BCUT2D eigenvalue weighted by Crippen LogP contribution is 2.31. The molecule has 0 bridgehead atoms. The van der Waals surface area contributed by atoms with Crippen molar-refractivity contribution in [3.05, 3.63) is 51.5 Å². The van der Waals surface area contributed by atoms with E-state index < -0.39 is 12.6 Å². The first-order valence-electron chi connectivity index (χ1n) is 7.84. The number of allylic oxidation sites excluding steroid dienone is 1. The number of rotatable bonds is 6. The van der Waals surface area contributed by atoms with Gasteiger partial charge in [0.25, 0.3) is 0 Å². The molecule has 1 heterocycles. The van der Waals surface area contributed by atoms with Crippen molar-refractivity contribution in [2.45, 2.75) is 19.3 Å². The smallest absolute Gasteiger partial charge is 0.341 e. The van der Waals surface area contributed by atoms with E-state index in [1.54, 1.807) is 24.3 Å². The van der Waals surface area contributed by atoms with Gasteiger partial charge in [-0.05, 0) is 43.0 Å². The van der Waals surface area contributed by atoms with Crippen LogP contribution in [0.1, 0.15) is 29.7 Å². The first kappa shape index (κ1) is 16.5. The van der Waals surface area contributed by atoms with Crippen LogP contribution in [-0.4, -0.2) is 17.7 Å². The molecule has 0 atom stereocenters. The summed E-state index contributed by atoms with van der Waals surface area (Å²) in [5, 5.41) is 9.21. The second-order valence-corrected chi connectivity index (χ2v) is 6.89. The van der Waals surface area contributed by atoms with Gasteiger partial charge < -0.3 is 9.84 Å². The molecule has 4 nitrogen and oxygen atoms in total. The summed E-state index contributed by atoms with van der Waals surface area (Å²) in [6.45, 7) is 3.34. The lowest BCUT2D eigenvalue weighted by atomic mass is 9.85. The third kappa shape index (κ3) is 3.41. The lowest BCUT2D eigenvalue weighted by Crippen LogP contribution is -2.10. The zero-order valence-corrected chi connectivity index (χ0v) is 14.0. The second kappa shape index (κ2) is 7.01. The van der Waals surface area contributed by atoms with Gasteiger partial charge in [-0.1, -0.05) is 25.2 Å². The summed E-state index contributed by atoms with van der Waals surface area (Å²) < 4.78 is 6.01. The van der Waals surface area contributed by atoms with Crippen molar-refractivity contribution < 1.29 is 14.6 Å². The van der Waals surface area contributed by atoms with Gasteiger partial charge in [-0.15, -0.1) is 11.3 Å². The summed E-state index contributed by atoms with van der Waals surface area (Å²) >= 11 is 1.53. The third-order valence-corrected chi connectivity index (χ3v) is 5.31. The van der Waals surface area contributed by atoms with E-state index in [1.165, 1.54) is 30.6 Å². The Morgan fingerprint density at radius 3 is 2.83 bits per heavy atom. The molecule has 0 radical (unpaired) electrons. The predicted molar refractivity (Wildman–Crippen MR) is 97.7 cm³/mol. The molecule has 0 spiro atoms. The molecule has 1 aliphatic rings. The van der Waals surface area contributed by atoms with Gasteiger partial charge in [-0.3, -0.25) is 4.79 Å². The van der Waals surface area contributed by atoms with E-state index >= 15 is 0 Å². The van der Waals surface area contributed by atoms with Gasteiger partial charge >= 0.3 is 5.97 Å². The Hall–Kier alpha value is -2.40. The molecule has 0 amide bonds. The largest absolute Gasteiger partial charge is 0.482 e. The van der Waals surface area contributed by atoms with Crippen LogP contribution in [0.3, 0.4) is 0 Å². The van der Waals surface area contributed by atoms with Crippen molar-refractivity contribution in [1.82, 2.24) is 0 Å². The van der Waals surface area contributed by atoms with Gasteiger partial charge in [0.2, 0.25) is 0 Å². The minimum Gasteiger partial charge on any atom is -0.482 e. The van der Waals surface area contributed by atoms with Crippen molar-refractivity contribution in [3.8, 4) is 5.75 Å². The summed E-state index contributed by atoms with van der Waals surface area (Å²) in [5.41, 5.74) is 0.478. The minimum absolute atomic E-state index is 0.104. The first-order chi connectivity index (χ1) is 11.6. The lowest BCUT2D eigenvalue weighted by Gasteiger charge is -2.21. The molecule has 1 aliphatic carbocycles. The van der Waals surface area contributed by atoms with E-state index in [-0.39, 0.29) is 5.43 Å². The minimum atomic E-state index is -1.05. The molecule has 1 aromatic heterocycles. The number of hydrogen-bond donors (Lipinski definition) is 1. The van der Waals surface area contributed by atoms with Crippen LogP contribution < -0.4 is 10.2 Å². The Morgan fingerprint density at radius 1 is 1.42 bits per heavy atom. The second-order valence-electron chi connectivity index (χ2n) is 5.80. The Labute approximate surface area is 143 Å². The molecule has 24 heavy (non-hydrogen) atoms. The normalized spacial score (nSPS) is 14.7. The van der Waals surface area contributed by atoms with Crippen LogP contribution in [0.4, 0.5) is 0 Å². The van der Waals surface area contributed by atoms with Crippen LogP contribution in [0.25, 0.3) is 22.2 Å². The van der Waals surface area contributed by atoms with E-state index in [2.05, 4.69) is 12.7 Å². The van der Waals surface area contributed by atoms with E-state index in [4.69, 9.17) is 9.84 Å². The molecule has 1 aromatic carbocycles. The monoisotopic (exact) mass is 342 g/mol. The molecular formula is C19H18O4S. The number of carboxylic acid groups (broad SMARTS) is 1. The highest BCUT2D eigenvalue weighted by atomic mass is 32.1. The summed E-state index contributed by atoms with van der Waals surface area (Å²) in [5.74, 6) is -0.0575. The standard InChI is InChI=1S/C19H18O4S/c1-2-14-16(8-6-12-4-3-5-12)24-17-9-7-13(23-11-18(20)21)10-15(17)19(14)22/h2,6-10,12H,1,3-5,11H2,(H,20,21)/b8-6+. The maximum absolute atomic E-state index is 12.7. The summed E-state index contributed by atoms with van der Waals surface area (Å²) in [7, 11) is 0. The van der Waals surface area contributed by atoms with Crippen LogP contribution in [0.5, 0.6) is 5.75 Å². The fourth-order valence-corrected chi connectivity index (χ4v) is 3.68. The molecule has 1 saturated carbocycles. The topological polar surface area (TPSA) is 63.6 Å². The van der Waals surface area contributed by atoms with Crippen molar-refractivity contribution in [2.75, 3.05) is 6.61 Å². The number of hydrogen-bond acceptors (Lipinski definition) is 4. The molecule has 5 heteroatoms. The summed E-state index contributed by atoms with van der Waals surface area (Å²) in [4.78, 5) is 24.2. The molecule has 1 fully saturated rings. The Bertz CT molecular complexity index is 875. The number of aliphatic carboxylic acids is 1. The highest BCUT2D eigenvalue weighted by Gasteiger charge is 2.15. The molecule has 1 N–H and O–H groups in total. The van der Waals surface area contributed by atoms with Gasteiger partial charge in [0.15, 0.2) is 12.0 Å². The van der Waals surface area contributed by atoms with E-state index in [0.717, 1.165) is 9.58 Å². The average Bonchev–Trinajstić information content (AvgIpc) is 2.52. The van der Waals surface area contributed by atoms with Crippen LogP contribution in [0, 0.1) is 5.92 Å². The molecule has 0 aliphatic heterocycles. The van der Waals surface area contributed by atoms with Crippen molar-refractivity contribution >= 4 is 39.5 Å². The van der Waals surface area contributed by atoms with Crippen molar-refractivity contribution in [3.63, 3.8) is 0 Å². The van der Waals surface area contributed by atoms with E-state index in [9.17, 15) is 9.59 Å². The highest BCUT2D eigenvalue weighted by molar-refractivity contribution is 7.19. The molecule has 0 unspecified atom stereocenters. The molecule has 3 rings (SSSR count). The maximum Gasteiger partial charge on any atom is 0.341 e. The fourth-order valence-electron chi connectivity index (χ4n) is 2.61. The zero-order valence-electron chi connectivity index (χ0n) is 13.2. The van der Waals surface area contributed by atoms with Crippen molar-refractivity contribution in [1.29, 1.82) is 0 Å². The van der Waals surface area contributed by atoms with Gasteiger partial charge in [-0.25, -0.2) is 4.79 Å². The number of benzene rings is 1.